The fourth-order valence-corrected chi connectivity index (χ4v) is 3.98. The molecule has 0 aromatic heterocycles. The van der Waals surface area contributed by atoms with Crippen molar-refractivity contribution in [2.24, 2.45) is 0 Å². The van der Waals surface area contributed by atoms with E-state index in [9.17, 15) is 0 Å². The Kier molecular flexibility index (Phi) is 7.03. The van der Waals surface area contributed by atoms with Gasteiger partial charge in [0.1, 0.15) is 5.82 Å². The summed E-state index contributed by atoms with van der Waals surface area (Å²) in [4.78, 5) is 0. The molecule has 0 saturated heterocycles. The second-order valence-corrected chi connectivity index (χ2v) is 8.49. The van der Waals surface area contributed by atoms with Gasteiger partial charge >= 0.3 is 0 Å². The van der Waals surface area contributed by atoms with Crippen molar-refractivity contribution in [3.63, 3.8) is 0 Å². The molecule has 0 N–H and O–H groups in total. The molecule has 0 bridgehead atoms. The molecule has 0 aliphatic heterocycles. The minimum Gasteiger partial charge on any atom is -0.206 e. The summed E-state index contributed by atoms with van der Waals surface area (Å²) in [5.74, 6) is 6.21. The highest BCUT2D eigenvalue weighted by atomic mass is 19.1. The van der Waals surface area contributed by atoms with Crippen LogP contribution in [0.4, 0.5) is 4.39 Å². The van der Waals surface area contributed by atoms with Gasteiger partial charge in [0, 0.05) is 22.1 Å². The van der Waals surface area contributed by atoms with Gasteiger partial charge in [-0.05, 0) is 60.5 Å². The number of fused-ring (bicyclic) bond motifs is 1. The second kappa shape index (κ2) is 10.3. The molecule has 0 aliphatic rings. The number of hydrogen-bond donors (Lipinski definition) is 0. The summed E-state index contributed by atoms with van der Waals surface area (Å²) in [5.41, 5.74) is 5.97. The number of halogens is 1. The van der Waals surface area contributed by atoms with E-state index in [1.54, 1.807) is 0 Å². The highest BCUT2D eigenvalue weighted by Crippen LogP contribution is 2.30. The highest BCUT2D eigenvalue weighted by Gasteiger charge is 2.10. The third-order valence-corrected chi connectivity index (χ3v) is 5.94. The van der Waals surface area contributed by atoms with Crippen LogP contribution in [-0.4, -0.2) is 0 Å². The molecule has 160 valence electrons. The molecule has 0 atom stereocenters. The monoisotopic (exact) mass is 420 g/mol. The SMILES string of the molecule is CCCCCCc1ccc(-c2ccc3cc(C#Cc4ccc(C)cc4)ccc3c2F)cc1. The third-order valence-electron chi connectivity index (χ3n) is 5.94. The first-order chi connectivity index (χ1) is 15.6. The Balaban J connectivity index is 1.54. The second-order valence-electron chi connectivity index (χ2n) is 8.49. The fourth-order valence-electron chi connectivity index (χ4n) is 3.98. The van der Waals surface area contributed by atoms with Gasteiger partial charge in [-0.2, -0.15) is 0 Å². The summed E-state index contributed by atoms with van der Waals surface area (Å²) in [6.07, 6.45) is 6.12. The zero-order chi connectivity index (χ0) is 22.3. The van der Waals surface area contributed by atoms with Gasteiger partial charge in [0.05, 0.1) is 0 Å². The number of rotatable bonds is 6. The molecule has 0 amide bonds. The van der Waals surface area contributed by atoms with E-state index in [1.165, 1.54) is 36.8 Å². The van der Waals surface area contributed by atoms with Crippen molar-refractivity contribution in [1.29, 1.82) is 0 Å². The van der Waals surface area contributed by atoms with Gasteiger partial charge in [-0.15, -0.1) is 0 Å². The van der Waals surface area contributed by atoms with Gasteiger partial charge in [-0.3, -0.25) is 0 Å². The first-order valence-electron chi connectivity index (χ1n) is 11.5. The van der Waals surface area contributed by atoms with Crippen molar-refractivity contribution in [2.75, 3.05) is 0 Å². The molecule has 4 aromatic carbocycles. The van der Waals surface area contributed by atoms with Crippen molar-refractivity contribution in [2.45, 2.75) is 46.0 Å². The molecule has 0 spiro atoms. The maximum Gasteiger partial charge on any atom is 0.138 e. The minimum atomic E-state index is -0.170. The van der Waals surface area contributed by atoms with E-state index in [0.29, 0.717) is 10.9 Å². The first kappa shape index (κ1) is 21.8. The summed E-state index contributed by atoms with van der Waals surface area (Å²) >= 11 is 0. The average molecular weight is 421 g/mol. The zero-order valence-electron chi connectivity index (χ0n) is 18.9. The summed E-state index contributed by atoms with van der Waals surface area (Å²) < 4.78 is 15.3. The third kappa shape index (κ3) is 5.27. The standard InChI is InChI=1S/C31H29F/c1-3-4-5-6-7-24-14-17-27(18-15-24)29-21-19-28-22-26(16-20-30(28)31(29)32)13-12-25-10-8-23(2)9-11-25/h8-11,14-22H,3-7H2,1-2H3. The van der Waals surface area contributed by atoms with Crippen molar-refractivity contribution >= 4 is 10.8 Å². The van der Waals surface area contributed by atoms with Crippen LogP contribution in [0.2, 0.25) is 0 Å². The topological polar surface area (TPSA) is 0 Å². The summed E-state index contributed by atoms with van der Waals surface area (Å²) in [5, 5.41) is 1.50. The number of unbranched alkanes of at least 4 members (excludes halogenated alkanes) is 3. The van der Waals surface area contributed by atoms with Gasteiger partial charge in [0.25, 0.3) is 0 Å². The predicted molar refractivity (Wildman–Crippen MR) is 134 cm³/mol. The average Bonchev–Trinajstić information content (AvgIpc) is 2.82. The van der Waals surface area contributed by atoms with Gasteiger partial charge in [0.2, 0.25) is 0 Å². The molecule has 0 unspecified atom stereocenters. The normalized spacial score (nSPS) is 10.7. The van der Waals surface area contributed by atoms with E-state index in [1.807, 2.05) is 54.6 Å². The zero-order valence-corrected chi connectivity index (χ0v) is 18.9. The van der Waals surface area contributed by atoms with Crippen LogP contribution in [0.5, 0.6) is 0 Å². The molecule has 0 radical (unpaired) electrons. The fraction of sp³-hybridized carbons (Fsp3) is 0.226. The molecule has 0 heterocycles. The van der Waals surface area contributed by atoms with E-state index in [0.717, 1.165) is 28.5 Å². The number of benzene rings is 4. The van der Waals surface area contributed by atoms with E-state index in [2.05, 4.69) is 50.0 Å². The molecule has 0 saturated carbocycles. The van der Waals surface area contributed by atoms with Gasteiger partial charge in [-0.1, -0.05) is 98.2 Å². The Morgan fingerprint density at radius 3 is 2.19 bits per heavy atom. The van der Waals surface area contributed by atoms with E-state index in [-0.39, 0.29) is 5.82 Å². The molecular weight excluding hydrogens is 391 g/mol. The lowest BCUT2D eigenvalue weighted by Gasteiger charge is -2.09. The number of hydrogen-bond acceptors (Lipinski definition) is 0. The Morgan fingerprint density at radius 2 is 1.44 bits per heavy atom. The Morgan fingerprint density at radius 1 is 0.719 bits per heavy atom. The quantitative estimate of drug-likeness (QED) is 0.217. The van der Waals surface area contributed by atoms with Gasteiger partial charge < -0.3 is 0 Å². The predicted octanol–water partition coefficient (Wildman–Crippen LogP) is 8.48. The van der Waals surface area contributed by atoms with Crippen molar-refractivity contribution in [3.8, 4) is 23.0 Å². The van der Waals surface area contributed by atoms with E-state index < -0.39 is 0 Å². The molecule has 1 heteroatoms. The van der Waals surface area contributed by atoms with Crippen LogP contribution >= 0.6 is 0 Å². The van der Waals surface area contributed by atoms with Crippen molar-refractivity contribution < 1.29 is 4.39 Å². The van der Waals surface area contributed by atoms with Crippen LogP contribution in [0.15, 0.2) is 78.9 Å². The number of aryl methyl sites for hydroxylation is 2. The molecular formula is C31H29F. The molecule has 4 rings (SSSR count). The lowest BCUT2D eigenvalue weighted by molar-refractivity contribution is 0.643. The van der Waals surface area contributed by atoms with Crippen LogP contribution in [0.25, 0.3) is 21.9 Å². The first-order valence-corrected chi connectivity index (χ1v) is 11.5. The van der Waals surface area contributed by atoms with Gasteiger partial charge in [-0.25, -0.2) is 4.39 Å². The summed E-state index contributed by atoms with van der Waals surface area (Å²) in [7, 11) is 0. The van der Waals surface area contributed by atoms with E-state index >= 15 is 4.39 Å². The van der Waals surface area contributed by atoms with Crippen molar-refractivity contribution in [1.82, 2.24) is 0 Å². The lowest BCUT2D eigenvalue weighted by atomic mass is 9.97. The largest absolute Gasteiger partial charge is 0.206 e. The van der Waals surface area contributed by atoms with Crippen LogP contribution in [0.1, 0.15) is 54.9 Å². The van der Waals surface area contributed by atoms with Crippen LogP contribution < -0.4 is 0 Å². The summed E-state index contributed by atoms with van der Waals surface area (Å²) in [6.45, 7) is 4.29. The maximum absolute atomic E-state index is 15.3. The molecule has 32 heavy (non-hydrogen) atoms. The van der Waals surface area contributed by atoms with E-state index in [4.69, 9.17) is 0 Å². The Labute approximate surface area is 191 Å². The Bertz CT molecular complexity index is 1250. The summed E-state index contributed by atoms with van der Waals surface area (Å²) in [6, 6.07) is 26.1. The van der Waals surface area contributed by atoms with Crippen LogP contribution in [0.3, 0.4) is 0 Å². The van der Waals surface area contributed by atoms with Crippen molar-refractivity contribution in [3.05, 3.63) is 107 Å². The molecule has 0 fully saturated rings. The highest BCUT2D eigenvalue weighted by molar-refractivity contribution is 5.89. The minimum absolute atomic E-state index is 0.170. The van der Waals surface area contributed by atoms with Gasteiger partial charge in [0.15, 0.2) is 0 Å². The van der Waals surface area contributed by atoms with Crippen LogP contribution in [-0.2, 0) is 6.42 Å². The Hall–Kier alpha value is -3.37. The smallest absolute Gasteiger partial charge is 0.138 e. The molecule has 4 aromatic rings. The lowest BCUT2D eigenvalue weighted by Crippen LogP contribution is -1.90. The molecule has 0 aliphatic carbocycles. The maximum atomic E-state index is 15.3. The molecule has 0 nitrogen and oxygen atoms in total. The van der Waals surface area contributed by atoms with Crippen LogP contribution in [0, 0.1) is 24.6 Å².